The van der Waals surface area contributed by atoms with Crippen molar-refractivity contribution in [2.45, 2.75) is 6.42 Å². The molecule has 6 nitrogen and oxygen atoms in total. The van der Waals surface area contributed by atoms with Crippen LogP contribution in [0.4, 0.5) is 11.4 Å². The maximum atomic E-state index is 13.2. The predicted molar refractivity (Wildman–Crippen MR) is 121 cm³/mol. The van der Waals surface area contributed by atoms with E-state index in [4.69, 9.17) is 0 Å². The highest BCUT2D eigenvalue weighted by Crippen LogP contribution is 2.53. The van der Waals surface area contributed by atoms with Crippen molar-refractivity contribution < 1.29 is 14.4 Å². The Labute approximate surface area is 187 Å². The number of hydrogen-bond acceptors (Lipinski definition) is 4. The maximum Gasteiger partial charge on any atom is 0.254 e. The van der Waals surface area contributed by atoms with Gasteiger partial charge >= 0.3 is 0 Å². The number of piperazine rings is 1. The molecule has 2 aromatic rings. The lowest BCUT2D eigenvalue weighted by Gasteiger charge is -2.36. The van der Waals surface area contributed by atoms with E-state index in [1.165, 1.54) is 10.6 Å². The molecule has 3 amide bonds. The minimum absolute atomic E-state index is 0.0550. The second kappa shape index (κ2) is 7.33. The largest absolute Gasteiger partial charge is 0.368 e. The minimum Gasteiger partial charge on any atom is -0.368 e. The number of benzene rings is 2. The van der Waals surface area contributed by atoms with Gasteiger partial charge in [0.1, 0.15) is 0 Å². The standard InChI is InChI=1S/C26H25N3O3/c30-24(28-13-11-27(12-14-28)20-6-2-1-3-7-20)19-5-4-8-21(16-19)29-25(31)22-17-9-10-18(15-17)23(22)26(29)32/h1-10,16-18,22-23H,11-15H2/t17-,18-,22-,23-/m0/s1. The molecule has 1 saturated carbocycles. The van der Waals surface area contributed by atoms with Crippen LogP contribution in [-0.2, 0) is 9.59 Å². The lowest BCUT2D eigenvalue weighted by atomic mass is 9.85. The monoisotopic (exact) mass is 427 g/mol. The van der Waals surface area contributed by atoms with Crippen molar-refractivity contribution in [3.05, 3.63) is 72.3 Å². The van der Waals surface area contributed by atoms with Gasteiger partial charge in [0.05, 0.1) is 17.5 Å². The molecule has 2 saturated heterocycles. The summed E-state index contributed by atoms with van der Waals surface area (Å²) in [7, 11) is 0. The van der Waals surface area contributed by atoms with Gasteiger partial charge in [0.15, 0.2) is 0 Å². The molecule has 0 unspecified atom stereocenters. The molecule has 4 atom stereocenters. The number of imide groups is 1. The first-order chi connectivity index (χ1) is 15.6. The average molecular weight is 428 g/mol. The van der Waals surface area contributed by atoms with Gasteiger partial charge in [0.25, 0.3) is 5.91 Å². The van der Waals surface area contributed by atoms with E-state index in [1.54, 1.807) is 24.3 Å². The molecule has 32 heavy (non-hydrogen) atoms. The van der Waals surface area contributed by atoms with E-state index < -0.39 is 0 Å². The molecule has 0 N–H and O–H groups in total. The van der Waals surface area contributed by atoms with Crippen molar-refractivity contribution >= 4 is 29.1 Å². The number of carbonyl (C=O) groups excluding carboxylic acids is 3. The molecule has 162 valence electrons. The number of allylic oxidation sites excluding steroid dienone is 2. The number of nitrogens with zero attached hydrogens (tertiary/aromatic N) is 3. The van der Waals surface area contributed by atoms with Crippen LogP contribution in [0.25, 0.3) is 0 Å². The van der Waals surface area contributed by atoms with Gasteiger partial charge in [-0.25, -0.2) is 4.90 Å². The SMILES string of the molecule is O=C(c1cccc(N2C(=O)[C@@H]3[C@@H](C2=O)[C@H]2C=C[C@H]3C2)c1)N1CCN(c2ccccc2)CC1. The Bertz CT molecular complexity index is 1090. The Morgan fingerprint density at radius 3 is 2.03 bits per heavy atom. The summed E-state index contributed by atoms with van der Waals surface area (Å²) in [5.74, 6) is -0.392. The third-order valence-corrected chi connectivity index (χ3v) is 7.51. The summed E-state index contributed by atoms with van der Waals surface area (Å²) in [4.78, 5) is 44.9. The van der Waals surface area contributed by atoms with Gasteiger partial charge in [-0.2, -0.15) is 0 Å². The summed E-state index contributed by atoms with van der Waals surface area (Å²) < 4.78 is 0. The van der Waals surface area contributed by atoms with E-state index >= 15 is 0 Å². The molecule has 3 fully saturated rings. The van der Waals surface area contributed by atoms with E-state index in [0.717, 1.165) is 19.5 Å². The van der Waals surface area contributed by atoms with Gasteiger partial charge in [0.2, 0.25) is 11.8 Å². The third-order valence-electron chi connectivity index (χ3n) is 7.51. The summed E-state index contributed by atoms with van der Waals surface area (Å²) in [5.41, 5.74) is 2.21. The molecule has 2 heterocycles. The number of para-hydroxylation sites is 1. The molecule has 2 bridgehead atoms. The van der Waals surface area contributed by atoms with Crippen molar-refractivity contribution in [3.8, 4) is 0 Å². The summed E-state index contributed by atoms with van der Waals surface area (Å²) in [5, 5.41) is 0. The van der Waals surface area contributed by atoms with Gasteiger partial charge in [0, 0.05) is 37.4 Å². The van der Waals surface area contributed by atoms with Gasteiger partial charge in [-0.3, -0.25) is 14.4 Å². The fourth-order valence-corrected chi connectivity index (χ4v) is 5.92. The van der Waals surface area contributed by atoms with E-state index in [1.807, 2.05) is 23.1 Å². The number of fused-ring (bicyclic) bond motifs is 5. The fraction of sp³-hybridized carbons (Fsp3) is 0.346. The molecule has 6 rings (SSSR count). The highest BCUT2D eigenvalue weighted by atomic mass is 16.2. The topological polar surface area (TPSA) is 60.9 Å². The predicted octanol–water partition coefficient (Wildman–Crippen LogP) is 2.96. The van der Waals surface area contributed by atoms with Crippen LogP contribution in [0.2, 0.25) is 0 Å². The first-order valence-corrected chi connectivity index (χ1v) is 11.4. The van der Waals surface area contributed by atoms with Crippen LogP contribution in [0.3, 0.4) is 0 Å². The Morgan fingerprint density at radius 1 is 0.750 bits per heavy atom. The number of amides is 3. The second-order valence-electron chi connectivity index (χ2n) is 9.18. The van der Waals surface area contributed by atoms with Crippen molar-refractivity contribution in [1.82, 2.24) is 4.90 Å². The van der Waals surface area contributed by atoms with E-state index in [0.29, 0.717) is 24.3 Å². The molecule has 0 radical (unpaired) electrons. The average Bonchev–Trinajstić information content (AvgIpc) is 3.53. The van der Waals surface area contributed by atoms with E-state index in [2.05, 4.69) is 29.2 Å². The highest BCUT2D eigenvalue weighted by Gasteiger charge is 2.59. The molecule has 2 aliphatic heterocycles. The zero-order valence-electron chi connectivity index (χ0n) is 17.8. The zero-order valence-corrected chi connectivity index (χ0v) is 17.8. The molecule has 4 aliphatic rings. The summed E-state index contributed by atoms with van der Waals surface area (Å²) in [6.45, 7) is 2.83. The smallest absolute Gasteiger partial charge is 0.254 e. The number of rotatable bonds is 3. The molecule has 2 aliphatic carbocycles. The number of anilines is 2. The molecule has 2 aromatic carbocycles. The van der Waals surface area contributed by atoms with Crippen LogP contribution in [0.15, 0.2) is 66.7 Å². The minimum atomic E-state index is -0.233. The van der Waals surface area contributed by atoms with Crippen LogP contribution in [0.1, 0.15) is 16.8 Å². The zero-order chi connectivity index (χ0) is 21.8. The first-order valence-electron chi connectivity index (χ1n) is 11.4. The second-order valence-corrected chi connectivity index (χ2v) is 9.18. The van der Waals surface area contributed by atoms with E-state index in [-0.39, 0.29) is 41.4 Å². The van der Waals surface area contributed by atoms with Crippen molar-refractivity contribution in [2.24, 2.45) is 23.7 Å². The Morgan fingerprint density at radius 2 is 1.38 bits per heavy atom. The van der Waals surface area contributed by atoms with Gasteiger partial charge in [-0.05, 0) is 48.6 Å². The lowest BCUT2D eigenvalue weighted by molar-refractivity contribution is -0.123. The highest BCUT2D eigenvalue weighted by molar-refractivity contribution is 6.23. The molecule has 0 spiro atoms. The van der Waals surface area contributed by atoms with Crippen LogP contribution in [0, 0.1) is 23.7 Å². The third kappa shape index (κ3) is 2.89. The Balaban J connectivity index is 1.18. The van der Waals surface area contributed by atoms with Crippen molar-refractivity contribution in [1.29, 1.82) is 0 Å². The molecular weight excluding hydrogens is 402 g/mol. The van der Waals surface area contributed by atoms with Crippen molar-refractivity contribution in [3.63, 3.8) is 0 Å². The van der Waals surface area contributed by atoms with Gasteiger partial charge in [-0.1, -0.05) is 36.4 Å². The molecule has 0 aromatic heterocycles. The first kappa shape index (κ1) is 19.3. The maximum absolute atomic E-state index is 13.2. The van der Waals surface area contributed by atoms with E-state index in [9.17, 15) is 14.4 Å². The van der Waals surface area contributed by atoms with Crippen LogP contribution in [-0.4, -0.2) is 48.8 Å². The normalized spacial score (nSPS) is 28.6. The fourth-order valence-electron chi connectivity index (χ4n) is 5.92. The van der Waals surface area contributed by atoms with Crippen LogP contribution >= 0.6 is 0 Å². The van der Waals surface area contributed by atoms with Crippen LogP contribution < -0.4 is 9.80 Å². The lowest BCUT2D eigenvalue weighted by Crippen LogP contribution is -2.48. The number of carbonyl (C=O) groups is 3. The quantitative estimate of drug-likeness (QED) is 0.558. The summed E-state index contributed by atoms with van der Waals surface area (Å²) in [6.07, 6.45) is 5.10. The van der Waals surface area contributed by atoms with Gasteiger partial charge in [-0.15, -0.1) is 0 Å². The summed E-state index contributed by atoms with van der Waals surface area (Å²) in [6, 6.07) is 17.2. The van der Waals surface area contributed by atoms with Crippen LogP contribution in [0.5, 0.6) is 0 Å². The Kier molecular flexibility index (Phi) is 4.42. The summed E-state index contributed by atoms with van der Waals surface area (Å²) >= 11 is 0. The van der Waals surface area contributed by atoms with Gasteiger partial charge < -0.3 is 9.80 Å². The molecular formula is C26H25N3O3. The Hall–Kier alpha value is -3.41. The van der Waals surface area contributed by atoms with Crippen molar-refractivity contribution in [2.75, 3.05) is 36.0 Å². The molecule has 6 heteroatoms. The number of hydrogen-bond donors (Lipinski definition) is 0.